The second kappa shape index (κ2) is 5.48. The molecule has 0 spiro atoms. The number of carboxylic acids is 1. The van der Waals surface area contributed by atoms with E-state index < -0.39 is 5.97 Å². The van der Waals surface area contributed by atoms with Crippen LogP contribution in [0.15, 0.2) is 18.2 Å². The van der Waals surface area contributed by atoms with E-state index >= 15 is 0 Å². The molecule has 1 aliphatic carbocycles. The van der Waals surface area contributed by atoms with Crippen LogP contribution in [0.3, 0.4) is 0 Å². The molecule has 0 radical (unpaired) electrons. The highest BCUT2D eigenvalue weighted by Crippen LogP contribution is 2.33. The molecule has 1 aromatic rings. The average Bonchev–Trinajstić information content (AvgIpc) is 2.25. The van der Waals surface area contributed by atoms with Gasteiger partial charge in [-0.3, -0.25) is 14.7 Å². The molecule has 0 saturated heterocycles. The van der Waals surface area contributed by atoms with E-state index in [1.807, 2.05) is 25.1 Å². The fraction of sp³-hybridized carbons (Fsp3) is 0.571. The van der Waals surface area contributed by atoms with E-state index in [1.165, 1.54) is 0 Å². The van der Waals surface area contributed by atoms with Gasteiger partial charge in [-0.05, 0) is 38.4 Å². The molecule has 1 heterocycles. The van der Waals surface area contributed by atoms with Crippen LogP contribution < -0.4 is 0 Å². The summed E-state index contributed by atoms with van der Waals surface area (Å²) in [6, 6.07) is 6.16. The Hall–Kier alpha value is -1.42. The van der Waals surface area contributed by atoms with Gasteiger partial charge in [0.1, 0.15) is 0 Å². The number of hydrogen-bond donors (Lipinski definition) is 1. The zero-order valence-electron chi connectivity index (χ0n) is 11.0. The zero-order chi connectivity index (χ0) is 13.1. The maximum absolute atomic E-state index is 11.1. The Morgan fingerprint density at radius 1 is 1.50 bits per heavy atom. The summed E-state index contributed by atoms with van der Waals surface area (Å²) in [6.45, 7) is 5.66. The largest absolute Gasteiger partial charge is 0.481 e. The number of rotatable bonds is 5. The number of hydrogen-bond acceptors (Lipinski definition) is 3. The van der Waals surface area contributed by atoms with Crippen molar-refractivity contribution in [3.8, 4) is 0 Å². The molecule has 98 valence electrons. The summed E-state index contributed by atoms with van der Waals surface area (Å²) in [5.74, 6) is -0.864. The summed E-state index contributed by atoms with van der Waals surface area (Å²) in [4.78, 5) is 17.8. The minimum atomic E-state index is -0.665. The number of nitrogens with zero attached hydrogens (tertiary/aromatic N) is 2. The Labute approximate surface area is 108 Å². The van der Waals surface area contributed by atoms with Crippen molar-refractivity contribution < 1.29 is 9.90 Å². The molecule has 4 heteroatoms. The van der Waals surface area contributed by atoms with E-state index in [1.54, 1.807) is 0 Å². The Morgan fingerprint density at radius 2 is 2.28 bits per heavy atom. The van der Waals surface area contributed by atoms with Crippen molar-refractivity contribution in [3.63, 3.8) is 0 Å². The Morgan fingerprint density at radius 3 is 2.78 bits per heavy atom. The van der Waals surface area contributed by atoms with Crippen LogP contribution in [0.2, 0.25) is 0 Å². The normalized spacial score (nSPS) is 22.8. The highest BCUT2D eigenvalue weighted by atomic mass is 16.4. The summed E-state index contributed by atoms with van der Waals surface area (Å²) in [5, 5.41) is 9.12. The second-order valence-corrected chi connectivity index (χ2v) is 4.92. The van der Waals surface area contributed by atoms with E-state index in [-0.39, 0.29) is 12.0 Å². The maximum Gasteiger partial charge on any atom is 0.308 e. The zero-order valence-corrected chi connectivity index (χ0v) is 11.0. The van der Waals surface area contributed by atoms with Gasteiger partial charge in [0, 0.05) is 18.3 Å². The molecule has 2 rings (SSSR count). The molecule has 1 aromatic heterocycles. The first kappa shape index (κ1) is 13.0. The van der Waals surface area contributed by atoms with Crippen LogP contribution >= 0.6 is 0 Å². The van der Waals surface area contributed by atoms with Gasteiger partial charge in [0.2, 0.25) is 0 Å². The smallest absolute Gasteiger partial charge is 0.308 e. The summed E-state index contributed by atoms with van der Waals surface area (Å²) in [7, 11) is 0. The summed E-state index contributed by atoms with van der Waals surface area (Å²) in [6.07, 6.45) is 1.79. The number of pyridine rings is 1. The minimum Gasteiger partial charge on any atom is -0.481 e. The van der Waals surface area contributed by atoms with Gasteiger partial charge in [0.25, 0.3) is 0 Å². The second-order valence-electron chi connectivity index (χ2n) is 4.92. The minimum absolute atomic E-state index is 0.176. The van der Waals surface area contributed by atoms with Crippen molar-refractivity contribution >= 4 is 5.97 Å². The highest BCUT2D eigenvalue weighted by Gasteiger charge is 2.39. The van der Waals surface area contributed by atoms with Gasteiger partial charge in [0.15, 0.2) is 0 Å². The number of aliphatic carboxylic acids is 1. The highest BCUT2D eigenvalue weighted by molar-refractivity contribution is 5.72. The molecule has 2 unspecified atom stereocenters. The van der Waals surface area contributed by atoms with Crippen LogP contribution in [0.25, 0.3) is 0 Å². The van der Waals surface area contributed by atoms with Gasteiger partial charge in [0.05, 0.1) is 11.6 Å². The van der Waals surface area contributed by atoms with Gasteiger partial charge in [-0.15, -0.1) is 0 Å². The van der Waals surface area contributed by atoms with Crippen LogP contribution in [0.1, 0.15) is 31.2 Å². The molecule has 18 heavy (non-hydrogen) atoms. The van der Waals surface area contributed by atoms with Gasteiger partial charge in [-0.2, -0.15) is 0 Å². The number of carboxylic acid groups (broad SMARTS) is 1. The quantitative estimate of drug-likeness (QED) is 0.866. The molecular weight excluding hydrogens is 228 g/mol. The molecule has 4 nitrogen and oxygen atoms in total. The maximum atomic E-state index is 11.1. The topological polar surface area (TPSA) is 53.4 Å². The van der Waals surface area contributed by atoms with E-state index in [0.29, 0.717) is 0 Å². The van der Waals surface area contributed by atoms with E-state index in [9.17, 15) is 4.79 Å². The van der Waals surface area contributed by atoms with Crippen molar-refractivity contribution in [2.75, 3.05) is 6.54 Å². The molecule has 0 bridgehead atoms. The van der Waals surface area contributed by atoms with E-state index in [2.05, 4.69) is 16.8 Å². The van der Waals surface area contributed by atoms with Crippen LogP contribution in [-0.4, -0.2) is 33.5 Å². The number of aromatic nitrogens is 1. The molecule has 2 atom stereocenters. The van der Waals surface area contributed by atoms with Crippen molar-refractivity contribution in [1.29, 1.82) is 0 Å². The van der Waals surface area contributed by atoms with Crippen molar-refractivity contribution in [1.82, 2.24) is 9.88 Å². The summed E-state index contributed by atoms with van der Waals surface area (Å²) < 4.78 is 0. The lowest BCUT2D eigenvalue weighted by atomic mass is 9.78. The summed E-state index contributed by atoms with van der Waals surface area (Å²) in [5.41, 5.74) is 2.03. The fourth-order valence-corrected chi connectivity index (χ4v) is 2.57. The Bertz CT molecular complexity index is 434. The first-order chi connectivity index (χ1) is 8.61. The van der Waals surface area contributed by atoms with Crippen LogP contribution in [0.4, 0.5) is 0 Å². The number of aryl methyl sites for hydroxylation is 1. The first-order valence-corrected chi connectivity index (χ1v) is 6.51. The van der Waals surface area contributed by atoms with Crippen LogP contribution in [0.5, 0.6) is 0 Å². The molecular formula is C14H20N2O2. The van der Waals surface area contributed by atoms with Crippen molar-refractivity contribution in [2.45, 2.75) is 39.3 Å². The standard InChI is InChI=1S/C14H20N2O2/c1-3-16(13-8-7-12(13)14(17)18)9-11-6-4-5-10(2)15-11/h4-6,12-13H,3,7-9H2,1-2H3,(H,17,18). The third kappa shape index (κ3) is 2.70. The third-order valence-corrected chi connectivity index (χ3v) is 3.74. The van der Waals surface area contributed by atoms with E-state index in [4.69, 9.17) is 5.11 Å². The predicted octanol–water partition coefficient (Wildman–Crippen LogP) is 2.08. The predicted molar refractivity (Wildman–Crippen MR) is 69.2 cm³/mol. The van der Waals surface area contributed by atoms with E-state index in [0.717, 1.165) is 37.3 Å². The molecule has 1 saturated carbocycles. The molecule has 0 aromatic carbocycles. The first-order valence-electron chi connectivity index (χ1n) is 6.51. The van der Waals surface area contributed by atoms with Crippen molar-refractivity contribution in [3.05, 3.63) is 29.6 Å². The lowest BCUT2D eigenvalue weighted by Crippen LogP contribution is -2.49. The summed E-state index contributed by atoms with van der Waals surface area (Å²) >= 11 is 0. The Balaban J connectivity index is 2.04. The lowest BCUT2D eigenvalue weighted by Gasteiger charge is -2.41. The SMILES string of the molecule is CCN(Cc1cccc(C)n1)C1CCC1C(=O)O. The van der Waals surface area contributed by atoms with Gasteiger partial charge in [-0.25, -0.2) is 0 Å². The monoisotopic (exact) mass is 248 g/mol. The molecule has 1 aliphatic rings. The molecule has 0 aliphatic heterocycles. The van der Waals surface area contributed by atoms with Gasteiger partial charge < -0.3 is 5.11 Å². The third-order valence-electron chi connectivity index (χ3n) is 3.74. The fourth-order valence-electron chi connectivity index (χ4n) is 2.57. The molecule has 0 amide bonds. The molecule has 1 fully saturated rings. The van der Waals surface area contributed by atoms with Crippen LogP contribution in [0, 0.1) is 12.8 Å². The number of carbonyl (C=O) groups is 1. The van der Waals surface area contributed by atoms with Gasteiger partial charge in [-0.1, -0.05) is 13.0 Å². The molecule has 1 N–H and O–H groups in total. The van der Waals surface area contributed by atoms with Crippen molar-refractivity contribution in [2.24, 2.45) is 5.92 Å². The lowest BCUT2D eigenvalue weighted by molar-refractivity contribution is -0.149. The van der Waals surface area contributed by atoms with Crippen LogP contribution in [-0.2, 0) is 11.3 Å². The Kier molecular flexibility index (Phi) is 3.97. The van der Waals surface area contributed by atoms with Gasteiger partial charge >= 0.3 is 5.97 Å². The average molecular weight is 248 g/mol.